The van der Waals surface area contributed by atoms with Crippen molar-refractivity contribution < 1.29 is 33.4 Å². The van der Waals surface area contributed by atoms with E-state index in [9.17, 15) is 19.3 Å². The van der Waals surface area contributed by atoms with Gasteiger partial charge in [0.25, 0.3) is 5.91 Å². The highest BCUT2D eigenvalue weighted by molar-refractivity contribution is 7.51. The average Bonchev–Trinajstić information content (AvgIpc) is 2.87. The van der Waals surface area contributed by atoms with E-state index < -0.39 is 26.3 Å². The van der Waals surface area contributed by atoms with Crippen molar-refractivity contribution in [3.05, 3.63) is 54.1 Å². The first-order valence-electron chi connectivity index (χ1n) is 11.9. The topological polar surface area (TPSA) is 150 Å². The van der Waals surface area contributed by atoms with Crippen LogP contribution in [-0.4, -0.2) is 68.5 Å². The number of hydrogen-bond donors (Lipinski definition) is 3. The summed E-state index contributed by atoms with van der Waals surface area (Å²) in [5.74, 6) is -0.674. The van der Waals surface area contributed by atoms with Crippen molar-refractivity contribution in [2.24, 2.45) is 10.2 Å². The number of unbranched alkanes of at least 4 members (excludes halogenated alkanes) is 2. The van der Waals surface area contributed by atoms with Crippen LogP contribution in [0, 0.1) is 0 Å². The molecule has 2 aromatic carbocycles. The summed E-state index contributed by atoms with van der Waals surface area (Å²) in [6.45, 7) is 0.770. The Morgan fingerprint density at radius 3 is 2.14 bits per heavy atom. The van der Waals surface area contributed by atoms with E-state index >= 15 is 0 Å². The van der Waals surface area contributed by atoms with Gasteiger partial charge in [-0.3, -0.25) is 14.2 Å². The molecular formula is C25H35N4O7P. The van der Waals surface area contributed by atoms with Gasteiger partial charge < -0.3 is 29.5 Å². The van der Waals surface area contributed by atoms with E-state index in [2.05, 4.69) is 20.1 Å². The molecule has 11 nitrogen and oxygen atoms in total. The van der Waals surface area contributed by atoms with Gasteiger partial charge in [0.15, 0.2) is 0 Å². The van der Waals surface area contributed by atoms with Gasteiger partial charge in [0, 0.05) is 45.0 Å². The number of aliphatic hydroxyl groups excluding tert-OH is 1. The Morgan fingerprint density at radius 1 is 0.973 bits per heavy atom. The molecule has 1 amide bonds. The normalized spacial score (nSPS) is 13.6. The number of aliphatic hydroxyl groups is 1. The van der Waals surface area contributed by atoms with E-state index in [-0.39, 0.29) is 18.9 Å². The lowest BCUT2D eigenvalue weighted by molar-refractivity contribution is -0.147. The van der Waals surface area contributed by atoms with Gasteiger partial charge in [0.2, 0.25) is 0 Å². The standard InChI is InChI=1S/C25H35N4O7P/c1-29(2)22-14-12-21(13-15-22)28-27-20-10-8-19(9-11-20)25(32)26-16-6-4-5-7-24(31)35-17-23(30)18-36-37(3,33)34/h8-15,23,30H,4-7,16-18H2,1-3H3,(H,26,32)(H,33,34). The van der Waals surface area contributed by atoms with Gasteiger partial charge in [-0.25, -0.2) is 0 Å². The fraction of sp³-hybridized carbons (Fsp3) is 0.440. The minimum atomic E-state index is -3.68. The number of azo groups is 1. The van der Waals surface area contributed by atoms with Gasteiger partial charge in [0.05, 0.1) is 18.0 Å². The predicted octanol–water partition coefficient (Wildman–Crippen LogP) is 4.19. The van der Waals surface area contributed by atoms with Gasteiger partial charge in [-0.1, -0.05) is 6.42 Å². The summed E-state index contributed by atoms with van der Waals surface area (Å²) in [5.41, 5.74) is 2.96. The molecule has 37 heavy (non-hydrogen) atoms. The highest BCUT2D eigenvalue weighted by Gasteiger charge is 2.15. The SMILES string of the molecule is CN(C)c1ccc(N=Nc2ccc(C(=O)NCCCCCC(=O)OCC(O)COP(C)(=O)O)cc2)cc1. The number of benzene rings is 2. The lowest BCUT2D eigenvalue weighted by Crippen LogP contribution is -2.24. The number of nitrogens with one attached hydrogen (secondary N) is 1. The molecule has 0 aliphatic heterocycles. The monoisotopic (exact) mass is 534 g/mol. The number of carbonyl (C=O) groups excluding carboxylic acids is 2. The van der Waals surface area contributed by atoms with Crippen LogP contribution in [0.15, 0.2) is 58.8 Å². The molecule has 12 heteroatoms. The molecule has 2 atom stereocenters. The van der Waals surface area contributed by atoms with Crippen molar-refractivity contribution in [1.29, 1.82) is 0 Å². The maximum Gasteiger partial charge on any atom is 0.325 e. The maximum absolute atomic E-state index is 12.3. The quantitative estimate of drug-likeness (QED) is 0.133. The summed E-state index contributed by atoms with van der Waals surface area (Å²) < 4.78 is 20.5. The van der Waals surface area contributed by atoms with Crippen LogP contribution < -0.4 is 10.2 Å². The summed E-state index contributed by atoms with van der Waals surface area (Å²) in [7, 11) is 0.256. The van der Waals surface area contributed by atoms with Crippen molar-refractivity contribution >= 4 is 36.5 Å². The van der Waals surface area contributed by atoms with Crippen LogP contribution in [0.5, 0.6) is 0 Å². The molecular weight excluding hydrogens is 499 g/mol. The molecule has 0 spiro atoms. The van der Waals surface area contributed by atoms with E-state index in [1.54, 1.807) is 24.3 Å². The van der Waals surface area contributed by atoms with E-state index in [0.29, 0.717) is 37.1 Å². The van der Waals surface area contributed by atoms with Crippen molar-refractivity contribution in [3.8, 4) is 0 Å². The van der Waals surface area contributed by atoms with E-state index in [1.807, 2.05) is 43.3 Å². The molecule has 202 valence electrons. The highest BCUT2D eigenvalue weighted by atomic mass is 31.2. The summed E-state index contributed by atoms with van der Waals surface area (Å²) in [6.07, 6.45) is 0.969. The minimum absolute atomic E-state index is 0.170. The lowest BCUT2D eigenvalue weighted by atomic mass is 10.1. The zero-order chi connectivity index (χ0) is 27.3. The van der Waals surface area contributed by atoms with Crippen LogP contribution >= 0.6 is 7.60 Å². The Labute approximate surface area is 217 Å². The highest BCUT2D eigenvalue weighted by Crippen LogP contribution is 2.36. The third-order valence-electron chi connectivity index (χ3n) is 5.06. The Kier molecular flexibility index (Phi) is 12.4. The van der Waals surface area contributed by atoms with Gasteiger partial charge in [-0.2, -0.15) is 10.2 Å². The van der Waals surface area contributed by atoms with E-state index in [0.717, 1.165) is 18.0 Å². The van der Waals surface area contributed by atoms with Gasteiger partial charge in [-0.05, 0) is 61.4 Å². The Hall–Kier alpha value is -3.11. The second-order valence-corrected chi connectivity index (χ2v) is 10.5. The number of rotatable bonds is 15. The number of amides is 1. The van der Waals surface area contributed by atoms with Crippen LogP contribution in [0.4, 0.5) is 17.1 Å². The molecule has 2 rings (SSSR count). The first-order valence-corrected chi connectivity index (χ1v) is 13.9. The molecule has 0 saturated carbocycles. The summed E-state index contributed by atoms with van der Waals surface area (Å²) in [4.78, 5) is 35.0. The van der Waals surface area contributed by atoms with Crippen molar-refractivity contribution in [1.82, 2.24) is 5.32 Å². The average molecular weight is 535 g/mol. The maximum atomic E-state index is 12.3. The van der Waals surface area contributed by atoms with Crippen LogP contribution in [0.3, 0.4) is 0 Å². The minimum Gasteiger partial charge on any atom is -0.463 e. The first-order chi connectivity index (χ1) is 17.5. The largest absolute Gasteiger partial charge is 0.463 e. The third-order valence-corrected chi connectivity index (χ3v) is 5.69. The number of esters is 1. The second-order valence-electron chi connectivity index (χ2n) is 8.66. The second kappa shape index (κ2) is 15.2. The molecule has 2 unspecified atom stereocenters. The number of carbonyl (C=O) groups is 2. The Bertz CT molecular complexity index is 1070. The van der Waals surface area contributed by atoms with Crippen molar-refractivity contribution in [2.75, 3.05) is 45.4 Å². The van der Waals surface area contributed by atoms with Crippen LogP contribution in [0.2, 0.25) is 0 Å². The van der Waals surface area contributed by atoms with Crippen LogP contribution in [-0.2, 0) is 18.6 Å². The molecule has 0 aromatic heterocycles. The Morgan fingerprint density at radius 2 is 1.57 bits per heavy atom. The van der Waals surface area contributed by atoms with Crippen molar-refractivity contribution in [3.63, 3.8) is 0 Å². The number of ether oxygens (including phenoxy) is 1. The van der Waals surface area contributed by atoms with Gasteiger partial charge in [0.1, 0.15) is 12.7 Å². The molecule has 3 N–H and O–H groups in total. The fourth-order valence-corrected chi connectivity index (χ4v) is 3.47. The van der Waals surface area contributed by atoms with E-state index in [4.69, 9.17) is 9.63 Å². The smallest absolute Gasteiger partial charge is 0.325 e. The molecule has 0 saturated heterocycles. The molecule has 2 aromatic rings. The molecule has 0 fully saturated rings. The van der Waals surface area contributed by atoms with E-state index in [1.165, 1.54) is 0 Å². The van der Waals surface area contributed by atoms with Crippen LogP contribution in [0.1, 0.15) is 36.0 Å². The zero-order valence-electron chi connectivity index (χ0n) is 21.4. The summed E-state index contributed by atoms with van der Waals surface area (Å²) in [6, 6.07) is 14.5. The number of hydrogen-bond acceptors (Lipinski definition) is 9. The van der Waals surface area contributed by atoms with Gasteiger partial charge in [-0.15, -0.1) is 0 Å². The summed E-state index contributed by atoms with van der Waals surface area (Å²) in [5, 5.41) is 20.8. The molecule has 0 heterocycles. The first kappa shape index (κ1) is 30.1. The molecule has 0 bridgehead atoms. The number of nitrogens with zero attached hydrogens (tertiary/aromatic N) is 3. The summed E-state index contributed by atoms with van der Waals surface area (Å²) >= 11 is 0. The van der Waals surface area contributed by atoms with Gasteiger partial charge >= 0.3 is 13.6 Å². The predicted molar refractivity (Wildman–Crippen MR) is 141 cm³/mol. The lowest BCUT2D eigenvalue weighted by Gasteiger charge is -2.13. The molecule has 0 radical (unpaired) electrons. The molecule has 0 aliphatic rings. The Balaban J connectivity index is 1.61. The molecule has 0 aliphatic carbocycles. The van der Waals surface area contributed by atoms with Crippen molar-refractivity contribution in [2.45, 2.75) is 31.8 Å². The number of anilines is 1. The third kappa shape index (κ3) is 12.6. The fourth-order valence-electron chi connectivity index (χ4n) is 3.02. The van der Waals surface area contributed by atoms with Crippen LogP contribution in [0.25, 0.3) is 0 Å². The zero-order valence-corrected chi connectivity index (χ0v) is 22.3.